The summed E-state index contributed by atoms with van der Waals surface area (Å²) < 4.78 is 13.7. The molecule has 108 valence electrons. The topological polar surface area (TPSA) is 32.3 Å². The van der Waals surface area contributed by atoms with Crippen molar-refractivity contribution in [2.45, 2.75) is 19.4 Å². The van der Waals surface area contributed by atoms with E-state index in [0.717, 1.165) is 26.1 Å². The molecule has 1 amide bonds. The van der Waals surface area contributed by atoms with Crippen LogP contribution in [0.4, 0.5) is 4.39 Å². The van der Waals surface area contributed by atoms with Crippen LogP contribution < -0.4 is 5.32 Å². The van der Waals surface area contributed by atoms with Gasteiger partial charge in [0.15, 0.2) is 0 Å². The van der Waals surface area contributed by atoms with Gasteiger partial charge in [0.05, 0.1) is 5.56 Å². The summed E-state index contributed by atoms with van der Waals surface area (Å²) in [6.45, 7) is 4.93. The lowest BCUT2D eigenvalue weighted by Crippen LogP contribution is -2.39. The Kier molecular flexibility index (Phi) is 3.82. The molecule has 3 rings (SSSR count). The fourth-order valence-corrected chi connectivity index (χ4v) is 4.12. The molecule has 0 spiro atoms. The van der Waals surface area contributed by atoms with Crippen molar-refractivity contribution in [3.05, 3.63) is 34.1 Å². The van der Waals surface area contributed by atoms with Gasteiger partial charge in [0.25, 0.3) is 5.91 Å². The minimum atomic E-state index is -0.331. The Bertz CT molecular complexity index is 537. The van der Waals surface area contributed by atoms with E-state index in [1.165, 1.54) is 12.1 Å². The Morgan fingerprint density at radius 1 is 1.50 bits per heavy atom. The standard InChI is InChI=1S/C15H18BrFN2O/c1-2-14-12-7-18-6-9(12)8-19(14)15(20)11-4-3-10(17)5-13(11)16/h3-5,9,12,14,18H,2,6-8H2,1H3. The number of hydrogen-bond acceptors (Lipinski definition) is 2. The van der Waals surface area contributed by atoms with Crippen LogP contribution in [0.15, 0.2) is 22.7 Å². The van der Waals surface area contributed by atoms with Crippen LogP contribution in [0.3, 0.4) is 0 Å². The second kappa shape index (κ2) is 5.45. The summed E-state index contributed by atoms with van der Waals surface area (Å²) in [5.74, 6) is 0.799. The number of fused-ring (bicyclic) bond motifs is 1. The molecule has 2 heterocycles. The largest absolute Gasteiger partial charge is 0.335 e. The first-order chi connectivity index (χ1) is 9.61. The highest BCUT2D eigenvalue weighted by atomic mass is 79.9. The maximum atomic E-state index is 13.2. The molecule has 3 nitrogen and oxygen atoms in total. The van der Waals surface area contributed by atoms with Gasteiger partial charge >= 0.3 is 0 Å². The minimum absolute atomic E-state index is 0.0122. The number of carbonyl (C=O) groups excluding carboxylic acids is 1. The van der Waals surface area contributed by atoms with E-state index in [0.29, 0.717) is 27.9 Å². The number of hydrogen-bond donors (Lipinski definition) is 1. The number of nitrogens with zero attached hydrogens (tertiary/aromatic N) is 1. The second-order valence-electron chi connectivity index (χ2n) is 5.64. The highest BCUT2D eigenvalue weighted by Gasteiger charge is 2.45. The van der Waals surface area contributed by atoms with Crippen molar-refractivity contribution >= 4 is 21.8 Å². The van der Waals surface area contributed by atoms with Crippen molar-refractivity contribution in [1.82, 2.24) is 10.2 Å². The van der Waals surface area contributed by atoms with Gasteiger partial charge in [0, 0.05) is 30.1 Å². The van der Waals surface area contributed by atoms with Crippen LogP contribution in [0, 0.1) is 17.7 Å². The van der Waals surface area contributed by atoms with E-state index in [4.69, 9.17) is 0 Å². The lowest BCUT2D eigenvalue weighted by Gasteiger charge is -2.27. The van der Waals surface area contributed by atoms with Gasteiger partial charge in [-0.25, -0.2) is 4.39 Å². The fourth-order valence-electron chi connectivity index (χ4n) is 3.60. The Morgan fingerprint density at radius 3 is 3.00 bits per heavy atom. The Labute approximate surface area is 126 Å². The molecule has 1 aromatic rings. The first-order valence-corrected chi connectivity index (χ1v) is 7.88. The van der Waals surface area contributed by atoms with Gasteiger partial charge in [-0.15, -0.1) is 0 Å². The summed E-state index contributed by atoms with van der Waals surface area (Å²) in [6.07, 6.45) is 0.966. The van der Waals surface area contributed by atoms with E-state index in [1.807, 2.05) is 4.90 Å². The van der Waals surface area contributed by atoms with E-state index in [-0.39, 0.29) is 11.7 Å². The van der Waals surface area contributed by atoms with Crippen LogP contribution in [0.2, 0.25) is 0 Å². The third kappa shape index (κ3) is 2.27. The average Bonchev–Trinajstić information content (AvgIpc) is 2.97. The van der Waals surface area contributed by atoms with Crippen LogP contribution in [0.25, 0.3) is 0 Å². The molecule has 3 atom stereocenters. The van der Waals surface area contributed by atoms with E-state index >= 15 is 0 Å². The maximum absolute atomic E-state index is 13.2. The molecule has 3 unspecified atom stereocenters. The summed E-state index contributed by atoms with van der Waals surface area (Å²) in [4.78, 5) is 14.7. The molecular formula is C15H18BrFN2O. The lowest BCUT2D eigenvalue weighted by atomic mass is 9.93. The molecule has 0 bridgehead atoms. The monoisotopic (exact) mass is 340 g/mol. The van der Waals surface area contributed by atoms with Crippen LogP contribution in [-0.2, 0) is 0 Å². The number of halogens is 2. The number of nitrogens with one attached hydrogen (secondary N) is 1. The van der Waals surface area contributed by atoms with Crippen molar-refractivity contribution in [3.63, 3.8) is 0 Å². The SMILES string of the molecule is CCC1C2CNCC2CN1C(=O)c1ccc(F)cc1Br. The number of benzene rings is 1. The van der Waals surface area contributed by atoms with Gasteiger partial charge in [-0.2, -0.15) is 0 Å². The highest BCUT2D eigenvalue weighted by Crippen LogP contribution is 2.35. The molecule has 2 fully saturated rings. The summed E-state index contributed by atoms with van der Waals surface area (Å²) in [6, 6.07) is 4.56. The van der Waals surface area contributed by atoms with Crippen molar-refractivity contribution in [2.24, 2.45) is 11.8 Å². The fraction of sp³-hybridized carbons (Fsp3) is 0.533. The predicted octanol–water partition coefficient (Wildman–Crippen LogP) is 2.66. The molecule has 2 saturated heterocycles. The van der Waals surface area contributed by atoms with Gasteiger partial charge < -0.3 is 10.2 Å². The molecule has 1 N–H and O–H groups in total. The quantitative estimate of drug-likeness (QED) is 0.897. The molecule has 1 aromatic carbocycles. The molecule has 0 radical (unpaired) electrons. The zero-order valence-corrected chi connectivity index (χ0v) is 13.0. The van der Waals surface area contributed by atoms with Crippen LogP contribution >= 0.6 is 15.9 Å². The molecule has 2 aliphatic heterocycles. The third-order valence-corrected chi connectivity index (χ3v) is 5.21. The summed E-state index contributed by atoms with van der Waals surface area (Å²) in [5, 5.41) is 3.41. The van der Waals surface area contributed by atoms with Crippen molar-refractivity contribution < 1.29 is 9.18 Å². The van der Waals surface area contributed by atoms with E-state index < -0.39 is 0 Å². The maximum Gasteiger partial charge on any atom is 0.255 e. The van der Waals surface area contributed by atoms with Crippen LogP contribution in [0.1, 0.15) is 23.7 Å². The number of likely N-dealkylation sites (tertiary alicyclic amines) is 1. The second-order valence-corrected chi connectivity index (χ2v) is 6.49. The average molecular weight is 341 g/mol. The smallest absolute Gasteiger partial charge is 0.255 e. The number of amides is 1. The summed E-state index contributed by atoms with van der Waals surface area (Å²) in [7, 11) is 0. The van der Waals surface area contributed by atoms with Crippen LogP contribution in [0.5, 0.6) is 0 Å². The number of rotatable bonds is 2. The molecule has 20 heavy (non-hydrogen) atoms. The summed E-state index contributed by atoms with van der Waals surface area (Å²) in [5.41, 5.74) is 0.554. The number of carbonyl (C=O) groups is 1. The van der Waals surface area contributed by atoms with Crippen LogP contribution in [-0.4, -0.2) is 36.5 Å². The Morgan fingerprint density at radius 2 is 2.30 bits per heavy atom. The molecule has 2 aliphatic rings. The van der Waals surface area contributed by atoms with Gasteiger partial charge in [-0.1, -0.05) is 6.92 Å². The minimum Gasteiger partial charge on any atom is -0.335 e. The zero-order chi connectivity index (χ0) is 14.3. The zero-order valence-electron chi connectivity index (χ0n) is 11.4. The Balaban J connectivity index is 1.86. The predicted molar refractivity (Wildman–Crippen MR) is 79.1 cm³/mol. The van der Waals surface area contributed by atoms with Crippen molar-refractivity contribution in [1.29, 1.82) is 0 Å². The molecule has 5 heteroatoms. The first kappa shape index (κ1) is 14.0. The van der Waals surface area contributed by atoms with E-state index in [9.17, 15) is 9.18 Å². The first-order valence-electron chi connectivity index (χ1n) is 7.08. The van der Waals surface area contributed by atoms with Gasteiger partial charge in [-0.3, -0.25) is 4.79 Å². The van der Waals surface area contributed by atoms with Gasteiger partial charge in [-0.05, 0) is 52.4 Å². The third-order valence-electron chi connectivity index (χ3n) is 4.56. The lowest BCUT2D eigenvalue weighted by molar-refractivity contribution is 0.0710. The van der Waals surface area contributed by atoms with E-state index in [1.54, 1.807) is 6.07 Å². The molecular weight excluding hydrogens is 323 g/mol. The van der Waals surface area contributed by atoms with Crippen molar-refractivity contribution in [3.8, 4) is 0 Å². The highest BCUT2D eigenvalue weighted by molar-refractivity contribution is 9.10. The normalized spacial score (nSPS) is 28.8. The van der Waals surface area contributed by atoms with Gasteiger partial charge in [0.2, 0.25) is 0 Å². The molecule has 0 aliphatic carbocycles. The van der Waals surface area contributed by atoms with E-state index in [2.05, 4.69) is 28.2 Å². The van der Waals surface area contributed by atoms with Gasteiger partial charge in [0.1, 0.15) is 5.82 Å². The molecule has 0 saturated carbocycles. The summed E-state index contributed by atoms with van der Waals surface area (Å²) >= 11 is 3.30. The van der Waals surface area contributed by atoms with Crippen molar-refractivity contribution in [2.75, 3.05) is 19.6 Å². The Hall–Kier alpha value is -0.940. The molecule has 0 aromatic heterocycles.